The number of carbonyl (C=O) groups is 2. The Balaban J connectivity index is 1.30. The first-order valence-electron chi connectivity index (χ1n) is 10.2. The fourth-order valence-electron chi connectivity index (χ4n) is 3.29. The summed E-state index contributed by atoms with van der Waals surface area (Å²) < 4.78 is 0. The zero-order chi connectivity index (χ0) is 22.3. The lowest BCUT2D eigenvalue weighted by molar-refractivity contribution is -0.120. The van der Waals surface area contributed by atoms with Gasteiger partial charge in [-0.2, -0.15) is 0 Å². The lowest BCUT2D eigenvalue weighted by atomic mass is 10.1. The second-order valence-electron chi connectivity index (χ2n) is 7.35. The first-order chi connectivity index (χ1) is 15.6. The van der Waals surface area contributed by atoms with E-state index >= 15 is 0 Å². The molecule has 32 heavy (non-hydrogen) atoms. The third kappa shape index (κ3) is 5.40. The van der Waals surface area contributed by atoms with Gasteiger partial charge in [0.15, 0.2) is 5.95 Å². The minimum absolute atomic E-state index is 0.0954. The van der Waals surface area contributed by atoms with Gasteiger partial charge < -0.3 is 21.4 Å². The molecule has 2 amide bonds. The third-order valence-electron chi connectivity index (χ3n) is 4.94. The Hall–Kier alpha value is -4.39. The van der Waals surface area contributed by atoms with Crippen molar-refractivity contribution in [3.63, 3.8) is 0 Å². The van der Waals surface area contributed by atoms with Crippen LogP contribution in [0, 0.1) is 0 Å². The van der Waals surface area contributed by atoms with Crippen molar-refractivity contribution in [2.24, 2.45) is 0 Å². The lowest BCUT2D eigenvalue weighted by Crippen LogP contribution is -2.24. The number of hydrogen-bond acceptors (Lipinski definition) is 4. The summed E-state index contributed by atoms with van der Waals surface area (Å²) in [6, 6.07) is 24.1. The monoisotopic (exact) mass is 425 g/mol. The Bertz CT molecular complexity index is 1220. The van der Waals surface area contributed by atoms with Crippen molar-refractivity contribution in [2.45, 2.75) is 13.0 Å². The molecule has 0 aliphatic rings. The molecule has 0 aliphatic heterocycles. The van der Waals surface area contributed by atoms with Gasteiger partial charge in [0.05, 0.1) is 18.3 Å². The van der Waals surface area contributed by atoms with Crippen molar-refractivity contribution < 1.29 is 9.59 Å². The number of hydrogen-bond donors (Lipinski definition) is 4. The SMILES string of the molecule is Nc1ncc(-c2ccc(CNC(=O)Cc3cccc(NC(=O)c4ccccc4)c3)cc2)[nH]1. The maximum absolute atomic E-state index is 12.4. The van der Waals surface area contributed by atoms with Gasteiger partial charge in [-0.15, -0.1) is 0 Å². The Kier molecular flexibility index (Phi) is 6.27. The van der Waals surface area contributed by atoms with Crippen LogP contribution in [-0.4, -0.2) is 21.8 Å². The van der Waals surface area contributed by atoms with Crippen molar-refractivity contribution in [3.05, 3.63) is 102 Å². The molecule has 4 rings (SSSR count). The number of nitrogens with one attached hydrogen (secondary N) is 3. The standard InChI is InChI=1S/C25H23N5O2/c26-25-28-16-22(30-25)19-11-9-17(10-12-19)15-27-23(31)14-18-5-4-8-21(13-18)29-24(32)20-6-2-1-3-7-20/h1-13,16H,14-15H2,(H,27,31)(H,29,32)(H3,26,28,30). The van der Waals surface area contributed by atoms with E-state index < -0.39 is 0 Å². The molecule has 4 aromatic rings. The van der Waals surface area contributed by atoms with E-state index in [9.17, 15) is 9.59 Å². The molecule has 160 valence electrons. The third-order valence-corrected chi connectivity index (χ3v) is 4.94. The summed E-state index contributed by atoms with van der Waals surface area (Å²) >= 11 is 0. The van der Waals surface area contributed by atoms with Crippen LogP contribution in [-0.2, 0) is 17.8 Å². The van der Waals surface area contributed by atoms with Gasteiger partial charge in [-0.05, 0) is 41.0 Å². The first-order valence-corrected chi connectivity index (χ1v) is 10.2. The number of anilines is 2. The summed E-state index contributed by atoms with van der Waals surface area (Å²) in [6.07, 6.45) is 1.91. The summed E-state index contributed by atoms with van der Waals surface area (Å²) in [4.78, 5) is 31.7. The Morgan fingerprint density at radius 3 is 2.41 bits per heavy atom. The lowest BCUT2D eigenvalue weighted by Gasteiger charge is -2.09. The molecule has 7 heteroatoms. The van der Waals surface area contributed by atoms with Gasteiger partial charge >= 0.3 is 0 Å². The number of nitrogens with two attached hydrogens (primary N) is 1. The van der Waals surface area contributed by atoms with Crippen LogP contribution in [0.5, 0.6) is 0 Å². The molecule has 0 aliphatic carbocycles. The molecule has 3 aromatic carbocycles. The number of imidazole rings is 1. The minimum Gasteiger partial charge on any atom is -0.369 e. The second kappa shape index (κ2) is 9.61. The van der Waals surface area contributed by atoms with Gasteiger partial charge in [-0.3, -0.25) is 9.59 Å². The van der Waals surface area contributed by atoms with E-state index in [1.165, 1.54) is 0 Å². The van der Waals surface area contributed by atoms with Crippen LogP contribution in [0.4, 0.5) is 11.6 Å². The van der Waals surface area contributed by atoms with Gasteiger partial charge in [0.2, 0.25) is 5.91 Å². The molecule has 0 unspecified atom stereocenters. The van der Waals surface area contributed by atoms with Crippen molar-refractivity contribution in [2.75, 3.05) is 11.1 Å². The Morgan fingerprint density at radius 2 is 1.69 bits per heavy atom. The summed E-state index contributed by atoms with van der Waals surface area (Å²) in [6.45, 7) is 0.425. The highest BCUT2D eigenvalue weighted by atomic mass is 16.2. The van der Waals surface area contributed by atoms with Crippen LogP contribution in [0.15, 0.2) is 85.1 Å². The summed E-state index contributed by atoms with van der Waals surface area (Å²) in [7, 11) is 0. The summed E-state index contributed by atoms with van der Waals surface area (Å²) in [5.41, 5.74) is 10.5. The normalized spacial score (nSPS) is 10.5. The van der Waals surface area contributed by atoms with E-state index in [1.807, 2.05) is 60.7 Å². The fraction of sp³-hybridized carbons (Fsp3) is 0.0800. The quantitative estimate of drug-likeness (QED) is 0.361. The topological polar surface area (TPSA) is 113 Å². The van der Waals surface area contributed by atoms with Gasteiger partial charge in [0.1, 0.15) is 0 Å². The van der Waals surface area contributed by atoms with Crippen molar-refractivity contribution in [3.8, 4) is 11.3 Å². The minimum atomic E-state index is -0.187. The molecule has 5 N–H and O–H groups in total. The van der Waals surface area contributed by atoms with Gasteiger partial charge in [-0.25, -0.2) is 4.98 Å². The van der Waals surface area contributed by atoms with Crippen LogP contribution >= 0.6 is 0 Å². The second-order valence-corrected chi connectivity index (χ2v) is 7.35. The number of nitrogen functional groups attached to an aromatic ring is 1. The molecular weight excluding hydrogens is 402 g/mol. The number of carbonyl (C=O) groups excluding carboxylic acids is 2. The highest BCUT2D eigenvalue weighted by Crippen LogP contribution is 2.18. The zero-order valence-electron chi connectivity index (χ0n) is 17.3. The summed E-state index contributed by atoms with van der Waals surface area (Å²) in [5.74, 6) is 0.0930. The van der Waals surface area contributed by atoms with Gasteiger partial charge in [0.25, 0.3) is 5.91 Å². The van der Waals surface area contributed by atoms with E-state index in [0.29, 0.717) is 23.7 Å². The number of benzene rings is 3. The first kappa shape index (κ1) is 20.9. The van der Waals surface area contributed by atoms with Crippen molar-refractivity contribution >= 4 is 23.5 Å². The number of aromatic amines is 1. The largest absolute Gasteiger partial charge is 0.369 e. The highest BCUT2D eigenvalue weighted by Gasteiger charge is 2.08. The van der Waals surface area contributed by atoms with Gasteiger partial charge in [0, 0.05) is 17.8 Å². The number of aromatic nitrogens is 2. The fourth-order valence-corrected chi connectivity index (χ4v) is 3.29. The van der Waals surface area contributed by atoms with Gasteiger partial charge in [-0.1, -0.05) is 54.6 Å². The number of nitrogens with zero attached hydrogens (tertiary/aromatic N) is 1. The van der Waals surface area contributed by atoms with Crippen LogP contribution < -0.4 is 16.4 Å². The highest BCUT2D eigenvalue weighted by molar-refractivity contribution is 6.04. The predicted molar refractivity (Wildman–Crippen MR) is 125 cm³/mol. The molecule has 0 saturated heterocycles. The number of rotatable bonds is 7. The predicted octanol–water partition coefficient (Wildman–Crippen LogP) is 3.77. The van der Waals surface area contributed by atoms with E-state index in [1.54, 1.807) is 24.4 Å². The van der Waals surface area contributed by atoms with Crippen LogP contribution in [0.1, 0.15) is 21.5 Å². The van der Waals surface area contributed by atoms with E-state index in [0.717, 1.165) is 22.4 Å². The molecular formula is C25H23N5O2. The Morgan fingerprint density at radius 1 is 0.906 bits per heavy atom. The number of amides is 2. The molecule has 0 saturated carbocycles. The van der Waals surface area contributed by atoms with Crippen molar-refractivity contribution in [1.82, 2.24) is 15.3 Å². The molecule has 0 spiro atoms. The Labute approximate surface area is 185 Å². The molecule has 1 aromatic heterocycles. The summed E-state index contributed by atoms with van der Waals surface area (Å²) in [5, 5.41) is 5.79. The average molecular weight is 425 g/mol. The smallest absolute Gasteiger partial charge is 0.255 e. The number of H-pyrrole nitrogens is 1. The van der Waals surface area contributed by atoms with E-state index in [4.69, 9.17) is 5.73 Å². The molecule has 7 nitrogen and oxygen atoms in total. The maximum Gasteiger partial charge on any atom is 0.255 e. The molecule has 0 radical (unpaired) electrons. The van der Waals surface area contributed by atoms with E-state index in [-0.39, 0.29) is 18.2 Å². The molecule has 0 fully saturated rings. The van der Waals surface area contributed by atoms with E-state index in [2.05, 4.69) is 20.6 Å². The maximum atomic E-state index is 12.4. The molecule has 0 bridgehead atoms. The average Bonchev–Trinajstić information content (AvgIpc) is 3.25. The molecule has 0 atom stereocenters. The molecule has 1 heterocycles. The zero-order valence-corrected chi connectivity index (χ0v) is 17.3. The van der Waals surface area contributed by atoms with Crippen LogP contribution in [0.3, 0.4) is 0 Å². The van der Waals surface area contributed by atoms with Crippen LogP contribution in [0.2, 0.25) is 0 Å². The van der Waals surface area contributed by atoms with Crippen LogP contribution in [0.25, 0.3) is 11.3 Å². The van der Waals surface area contributed by atoms with Crippen molar-refractivity contribution in [1.29, 1.82) is 0 Å².